The molecule has 13 nitrogen and oxygen atoms in total. The number of nitrogens with zero attached hydrogens (tertiary/aromatic N) is 5. The van der Waals surface area contributed by atoms with Crippen LogP contribution in [0, 0.1) is 17.2 Å². The van der Waals surface area contributed by atoms with E-state index in [1.165, 1.54) is 6.07 Å². The quantitative estimate of drug-likeness (QED) is 0.231. The third kappa shape index (κ3) is 10.0. The Labute approximate surface area is 275 Å². The van der Waals surface area contributed by atoms with Gasteiger partial charge < -0.3 is 30.6 Å². The van der Waals surface area contributed by atoms with Crippen molar-refractivity contribution in [3.8, 4) is 6.07 Å². The fourth-order valence-corrected chi connectivity index (χ4v) is 6.01. The Morgan fingerprint density at radius 3 is 2.33 bits per heavy atom. The van der Waals surface area contributed by atoms with Gasteiger partial charge in [0.15, 0.2) is 0 Å². The number of carbonyl (C=O) groups excluding carboxylic acids is 2. The number of nitriles is 1. The number of carboxylic acids is 2. The van der Waals surface area contributed by atoms with Crippen LogP contribution in [0.1, 0.15) is 68.3 Å². The molecule has 0 spiro atoms. The van der Waals surface area contributed by atoms with Crippen LogP contribution < -0.4 is 20.4 Å². The van der Waals surface area contributed by atoms with E-state index in [9.17, 15) is 32.3 Å². The van der Waals surface area contributed by atoms with E-state index < -0.39 is 48.4 Å². The van der Waals surface area contributed by atoms with Gasteiger partial charge in [-0.3, -0.25) is 14.4 Å². The SMILES string of the molecule is N#Cc1ccc(CCNC(=O)[C@@H]2CCCN2c2cc(N3CCC(CCCC(=O)NC(CC(=O)O)C(=O)O)CC3)nc(C(F)(F)F)n2)cc1. The number of anilines is 2. The maximum absolute atomic E-state index is 13.9. The van der Waals surface area contributed by atoms with Crippen molar-refractivity contribution in [1.29, 1.82) is 5.26 Å². The number of alkyl halides is 3. The first-order chi connectivity index (χ1) is 22.8. The molecule has 2 aliphatic rings. The second kappa shape index (κ2) is 16.2. The minimum atomic E-state index is -4.80. The largest absolute Gasteiger partial charge is 0.481 e. The lowest BCUT2D eigenvalue weighted by molar-refractivity contribution is -0.147. The summed E-state index contributed by atoms with van der Waals surface area (Å²) in [6.07, 6.45) is -1.57. The Balaban J connectivity index is 1.33. The van der Waals surface area contributed by atoms with Gasteiger partial charge in [-0.25, -0.2) is 14.8 Å². The second-order valence-corrected chi connectivity index (χ2v) is 12.0. The van der Waals surface area contributed by atoms with Gasteiger partial charge in [-0.15, -0.1) is 0 Å². The van der Waals surface area contributed by atoms with Crippen molar-refractivity contribution >= 4 is 35.4 Å². The number of aliphatic carboxylic acids is 2. The monoisotopic (exact) mass is 673 g/mol. The zero-order valence-corrected chi connectivity index (χ0v) is 26.2. The Hall–Kier alpha value is -4.94. The molecule has 4 N–H and O–H groups in total. The highest BCUT2D eigenvalue weighted by Crippen LogP contribution is 2.34. The molecule has 2 saturated heterocycles. The summed E-state index contributed by atoms with van der Waals surface area (Å²) in [6, 6.07) is 8.35. The van der Waals surface area contributed by atoms with Crippen LogP contribution in [0.4, 0.5) is 24.8 Å². The Kier molecular flexibility index (Phi) is 12.2. The molecule has 4 rings (SSSR count). The highest BCUT2D eigenvalue weighted by atomic mass is 19.4. The van der Waals surface area contributed by atoms with Gasteiger partial charge in [0.2, 0.25) is 17.6 Å². The van der Waals surface area contributed by atoms with Gasteiger partial charge in [-0.05, 0) is 68.6 Å². The number of rotatable bonds is 14. The number of benzene rings is 1. The van der Waals surface area contributed by atoms with Crippen LogP contribution in [0.25, 0.3) is 0 Å². The number of amides is 2. The summed E-state index contributed by atoms with van der Waals surface area (Å²) < 4.78 is 41.8. The topological polar surface area (TPSA) is 189 Å². The molecule has 1 unspecified atom stereocenters. The Morgan fingerprint density at radius 1 is 1.02 bits per heavy atom. The van der Waals surface area contributed by atoms with Crippen LogP contribution in [0.2, 0.25) is 0 Å². The van der Waals surface area contributed by atoms with Crippen molar-refractivity contribution in [2.24, 2.45) is 5.92 Å². The zero-order valence-electron chi connectivity index (χ0n) is 26.2. The molecule has 0 saturated carbocycles. The fourth-order valence-electron chi connectivity index (χ4n) is 6.01. The van der Waals surface area contributed by atoms with Crippen LogP contribution in [0.3, 0.4) is 0 Å². The van der Waals surface area contributed by atoms with E-state index in [0.29, 0.717) is 76.7 Å². The van der Waals surface area contributed by atoms with Gasteiger partial charge in [-0.2, -0.15) is 18.4 Å². The van der Waals surface area contributed by atoms with Crippen LogP contribution >= 0.6 is 0 Å². The summed E-state index contributed by atoms with van der Waals surface area (Å²) >= 11 is 0. The second-order valence-electron chi connectivity index (χ2n) is 12.0. The van der Waals surface area contributed by atoms with Crippen molar-refractivity contribution in [2.75, 3.05) is 36.0 Å². The summed E-state index contributed by atoms with van der Waals surface area (Å²) in [5.74, 6) is -4.58. The van der Waals surface area contributed by atoms with E-state index in [2.05, 4.69) is 20.6 Å². The minimum absolute atomic E-state index is 0.0217. The Morgan fingerprint density at radius 2 is 1.71 bits per heavy atom. The lowest BCUT2D eigenvalue weighted by Crippen LogP contribution is -2.44. The number of halogens is 3. The zero-order chi connectivity index (χ0) is 34.8. The molecular weight excluding hydrogens is 635 g/mol. The van der Waals surface area contributed by atoms with Crippen molar-refractivity contribution in [3.63, 3.8) is 0 Å². The first-order valence-electron chi connectivity index (χ1n) is 15.8. The van der Waals surface area contributed by atoms with Crippen molar-refractivity contribution < 1.29 is 42.6 Å². The van der Waals surface area contributed by atoms with E-state index in [-0.39, 0.29) is 29.9 Å². The molecule has 48 heavy (non-hydrogen) atoms. The predicted octanol–water partition coefficient (Wildman–Crippen LogP) is 3.13. The van der Waals surface area contributed by atoms with Gasteiger partial charge in [0.05, 0.1) is 18.1 Å². The first kappa shape index (κ1) is 35.9. The summed E-state index contributed by atoms with van der Waals surface area (Å²) in [4.78, 5) is 58.3. The third-order valence-corrected chi connectivity index (χ3v) is 8.57. The molecule has 2 fully saturated rings. The summed E-state index contributed by atoms with van der Waals surface area (Å²) in [5.41, 5.74) is 1.47. The predicted molar refractivity (Wildman–Crippen MR) is 166 cm³/mol. The fraction of sp³-hybridized carbons (Fsp3) is 0.531. The molecule has 2 aliphatic heterocycles. The average molecular weight is 674 g/mol. The highest BCUT2D eigenvalue weighted by Gasteiger charge is 2.39. The summed E-state index contributed by atoms with van der Waals surface area (Å²) in [5, 5.41) is 32.0. The summed E-state index contributed by atoms with van der Waals surface area (Å²) in [6.45, 7) is 1.53. The molecule has 16 heteroatoms. The van der Waals surface area contributed by atoms with E-state index in [1.54, 1.807) is 34.1 Å². The van der Waals surface area contributed by atoms with E-state index in [0.717, 1.165) is 5.56 Å². The van der Waals surface area contributed by atoms with Crippen LogP contribution in [-0.2, 0) is 31.8 Å². The molecule has 2 atom stereocenters. The van der Waals surface area contributed by atoms with Crippen LogP contribution in [-0.4, -0.2) is 82.2 Å². The molecule has 1 aromatic heterocycles. The van der Waals surface area contributed by atoms with Gasteiger partial charge >= 0.3 is 18.1 Å². The maximum atomic E-state index is 13.9. The van der Waals surface area contributed by atoms with Crippen molar-refractivity contribution in [3.05, 3.63) is 47.3 Å². The van der Waals surface area contributed by atoms with Crippen LogP contribution in [0.15, 0.2) is 30.3 Å². The molecule has 0 radical (unpaired) electrons. The Bertz CT molecular complexity index is 1510. The van der Waals surface area contributed by atoms with Crippen molar-refractivity contribution in [2.45, 2.75) is 76.0 Å². The van der Waals surface area contributed by atoms with Gasteiger partial charge in [-0.1, -0.05) is 12.1 Å². The molecule has 2 amide bonds. The molecule has 3 heterocycles. The number of nitrogens with one attached hydrogen (secondary N) is 2. The number of carboxylic acid groups (broad SMARTS) is 2. The molecule has 0 bridgehead atoms. The van der Waals surface area contributed by atoms with Gasteiger partial charge in [0.25, 0.3) is 0 Å². The number of carbonyl (C=O) groups is 4. The van der Waals surface area contributed by atoms with Crippen molar-refractivity contribution in [1.82, 2.24) is 20.6 Å². The number of aromatic nitrogens is 2. The first-order valence-corrected chi connectivity index (χ1v) is 15.8. The molecule has 1 aromatic carbocycles. The van der Waals surface area contributed by atoms with E-state index in [1.807, 2.05) is 6.07 Å². The third-order valence-electron chi connectivity index (χ3n) is 8.57. The molecule has 2 aromatic rings. The molecule has 0 aliphatic carbocycles. The van der Waals surface area contributed by atoms with E-state index >= 15 is 0 Å². The number of hydrogen-bond acceptors (Lipinski definition) is 9. The smallest absolute Gasteiger partial charge is 0.451 e. The van der Waals surface area contributed by atoms with Gasteiger partial charge in [0.1, 0.15) is 23.7 Å². The minimum Gasteiger partial charge on any atom is -0.481 e. The average Bonchev–Trinajstić information content (AvgIpc) is 3.55. The molecular formula is C32H38F3N7O6. The number of hydrogen-bond donors (Lipinski definition) is 4. The normalized spacial score (nSPS) is 17.4. The molecule has 258 valence electrons. The number of piperidine rings is 1. The lowest BCUT2D eigenvalue weighted by atomic mass is 9.91. The maximum Gasteiger partial charge on any atom is 0.451 e. The lowest BCUT2D eigenvalue weighted by Gasteiger charge is -2.34. The summed E-state index contributed by atoms with van der Waals surface area (Å²) in [7, 11) is 0. The van der Waals surface area contributed by atoms with Crippen LogP contribution in [0.5, 0.6) is 0 Å². The standard InChI is InChI=1S/C32H38F3N7O6/c33-32(34,35)31-39-25(41-15-11-20(12-16-41)3-1-5-27(43)38-23(30(47)48)17-28(44)45)18-26(40-31)42-14-2-4-24(42)29(46)37-13-10-21-6-8-22(19-36)9-7-21/h6-9,18,20,23-24H,1-5,10-17H2,(H,37,46)(H,38,43)(H,44,45)(H,47,48)/t23?,24-/m0/s1. The van der Waals surface area contributed by atoms with E-state index in [4.69, 9.17) is 15.5 Å². The highest BCUT2D eigenvalue weighted by molar-refractivity contribution is 5.87. The van der Waals surface area contributed by atoms with Gasteiger partial charge in [0, 0.05) is 38.7 Å².